The van der Waals surface area contributed by atoms with Crippen LogP contribution in [0.15, 0.2) is 54.6 Å². The normalized spacial score (nSPS) is 10.7. The molecule has 0 fully saturated rings. The Kier molecular flexibility index (Phi) is 5.58. The van der Waals surface area contributed by atoms with Gasteiger partial charge in [0.15, 0.2) is 6.61 Å². The summed E-state index contributed by atoms with van der Waals surface area (Å²) in [7, 11) is 0. The van der Waals surface area contributed by atoms with E-state index in [2.05, 4.69) is 34.6 Å². The van der Waals surface area contributed by atoms with Gasteiger partial charge in [0.1, 0.15) is 12.3 Å². The van der Waals surface area contributed by atoms with E-state index >= 15 is 0 Å². The van der Waals surface area contributed by atoms with Gasteiger partial charge in [-0.05, 0) is 34.9 Å². The van der Waals surface area contributed by atoms with Crippen LogP contribution >= 0.6 is 0 Å². The lowest BCUT2D eigenvalue weighted by Crippen LogP contribution is -2.21. The minimum Gasteiger partial charge on any atom is -0.485 e. The number of hydrogen-bond donors (Lipinski definition) is 1. The Morgan fingerprint density at radius 3 is 2.62 bits per heavy atom. The molecule has 1 amide bonds. The standard InChI is InChI=1S/C19H21N5O2/c1-14(2)16-10-6-7-11-17(16)20-19(25)12-24-22-18(21-23-24)13-26-15-8-4-3-5-9-15/h3-11,14H,12-13H2,1-2H3,(H,20,25). The number of aromatic nitrogens is 4. The Bertz CT molecular complexity index is 861. The van der Waals surface area contributed by atoms with Crippen molar-refractivity contribution in [3.8, 4) is 5.75 Å². The molecule has 3 aromatic rings. The quantitative estimate of drug-likeness (QED) is 0.707. The van der Waals surface area contributed by atoms with Gasteiger partial charge >= 0.3 is 0 Å². The lowest BCUT2D eigenvalue weighted by atomic mass is 10.0. The van der Waals surface area contributed by atoms with Crippen LogP contribution in [0.5, 0.6) is 5.75 Å². The maximum Gasteiger partial charge on any atom is 0.248 e. The van der Waals surface area contributed by atoms with E-state index < -0.39 is 0 Å². The molecule has 2 aromatic carbocycles. The van der Waals surface area contributed by atoms with E-state index in [4.69, 9.17) is 4.74 Å². The fourth-order valence-electron chi connectivity index (χ4n) is 2.50. The maximum absolute atomic E-state index is 12.3. The van der Waals surface area contributed by atoms with E-state index in [1.165, 1.54) is 4.80 Å². The number of hydrogen-bond acceptors (Lipinski definition) is 5. The first-order valence-corrected chi connectivity index (χ1v) is 8.45. The van der Waals surface area contributed by atoms with Gasteiger partial charge < -0.3 is 10.1 Å². The van der Waals surface area contributed by atoms with E-state index in [1.54, 1.807) is 0 Å². The zero-order valence-corrected chi connectivity index (χ0v) is 14.8. The molecule has 0 aliphatic carbocycles. The van der Waals surface area contributed by atoms with Gasteiger partial charge in [-0.3, -0.25) is 4.79 Å². The molecule has 7 heteroatoms. The van der Waals surface area contributed by atoms with Crippen molar-refractivity contribution in [3.05, 3.63) is 66.0 Å². The molecular formula is C19H21N5O2. The van der Waals surface area contributed by atoms with Gasteiger partial charge in [0.25, 0.3) is 0 Å². The molecule has 0 aliphatic rings. The summed E-state index contributed by atoms with van der Waals surface area (Å²) >= 11 is 0. The van der Waals surface area contributed by atoms with E-state index in [0.717, 1.165) is 17.0 Å². The van der Waals surface area contributed by atoms with Crippen LogP contribution in [-0.2, 0) is 17.9 Å². The summed E-state index contributed by atoms with van der Waals surface area (Å²) in [5.74, 6) is 1.26. The molecule has 134 valence electrons. The summed E-state index contributed by atoms with van der Waals surface area (Å²) in [5.41, 5.74) is 1.89. The summed E-state index contributed by atoms with van der Waals surface area (Å²) in [6.45, 7) is 4.36. The highest BCUT2D eigenvalue weighted by Crippen LogP contribution is 2.23. The largest absolute Gasteiger partial charge is 0.485 e. The van der Waals surface area contributed by atoms with Crippen LogP contribution in [0, 0.1) is 0 Å². The summed E-state index contributed by atoms with van der Waals surface area (Å²) in [4.78, 5) is 13.5. The first kappa shape index (κ1) is 17.6. The van der Waals surface area contributed by atoms with Crippen LogP contribution in [0.2, 0.25) is 0 Å². The summed E-state index contributed by atoms with van der Waals surface area (Å²) in [6, 6.07) is 17.1. The fraction of sp³-hybridized carbons (Fsp3) is 0.263. The highest BCUT2D eigenvalue weighted by atomic mass is 16.5. The molecule has 7 nitrogen and oxygen atoms in total. The van der Waals surface area contributed by atoms with Crippen molar-refractivity contribution in [2.75, 3.05) is 5.32 Å². The van der Waals surface area contributed by atoms with Gasteiger partial charge in [0.2, 0.25) is 11.7 Å². The molecule has 0 saturated carbocycles. The first-order chi connectivity index (χ1) is 12.6. The Labute approximate surface area is 152 Å². The number of ether oxygens (including phenoxy) is 1. The van der Waals surface area contributed by atoms with E-state index in [-0.39, 0.29) is 19.1 Å². The Morgan fingerprint density at radius 2 is 1.85 bits per heavy atom. The third-order valence-corrected chi connectivity index (χ3v) is 3.75. The summed E-state index contributed by atoms with van der Waals surface area (Å²) in [5, 5.41) is 14.9. The monoisotopic (exact) mass is 351 g/mol. The fourth-order valence-corrected chi connectivity index (χ4v) is 2.50. The smallest absolute Gasteiger partial charge is 0.248 e. The zero-order chi connectivity index (χ0) is 18.4. The molecule has 0 atom stereocenters. The van der Waals surface area contributed by atoms with Crippen LogP contribution in [0.25, 0.3) is 0 Å². The van der Waals surface area contributed by atoms with Crippen LogP contribution in [0.3, 0.4) is 0 Å². The molecule has 0 saturated heterocycles. The molecule has 0 unspecified atom stereocenters. The Morgan fingerprint density at radius 1 is 1.12 bits per heavy atom. The SMILES string of the molecule is CC(C)c1ccccc1NC(=O)Cn1nnc(COc2ccccc2)n1. The molecule has 1 aromatic heterocycles. The number of carbonyl (C=O) groups excluding carboxylic acids is 1. The molecular weight excluding hydrogens is 330 g/mol. The van der Waals surface area contributed by atoms with E-state index in [9.17, 15) is 4.79 Å². The van der Waals surface area contributed by atoms with Gasteiger partial charge in [-0.1, -0.05) is 50.2 Å². The molecule has 0 spiro atoms. The average molecular weight is 351 g/mol. The van der Waals surface area contributed by atoms with Gasteiger partial charge in [-0.2, -0.15) is 4.80 Å². The second kappa shape index (κ2) is 8.24. The van der Waals surface area contributed by atoms with Gasteiger partial charge in [-0.15, -0.1) is 10.2 Å². The van der Waals surface area contributed by atoms with Crippen LogP contribution in [-0.4, -0.2) is 26.1 Å². The van der Waals surface area contributed by atoms with Crippen molar-refractivity contribution in [2.45, 2.75) is 32.9 Å². The van der Waals surface area contributed by atoms with Crippen molar-refractivity contribution < 1.29 is 9.53 Å². The Hall–Kier alpha value is -3.22. The number of amides is 1. The molecule has 26 heavy (non-hydrogen) atoms. The molecule has 0 radical (unpaired) electrons. The first-order valence-electron chi connectivity index (χ1n) is 8.45. The number of benzene rings is 2. The average Bonchev–Trinajstić information content (AvgIpc) is 3.08. The second-order valence-corrected chi connectivity index (χ2v) is 6.13. The number of tetrazole rings is 1. The molecule has 1 N–H and O–H groups in total. The van der Waals surface area contributed by atoms with Crippen molar-refractivity contribution in [3.63, 3.8) is 0 Å². The summed E-state index contributed by atoms with van der Waals surface area (Å²) in [6.07, 6.45) is 0. The third kappa shape index (κ3) is 4.66. The molecule has 0 aliphatic heterocycles. The van der Waals surface area contributed by atoms with Gasteiger partial charge in [0.05, 0.1) is 0 Å². The van der Waals surface area contributed by atoms with Crippen LogP contribution < -0.4 is 10.1 Å². The number of rotatable bonds is 7. The van der Waals surface area contributed by atoms with Crippen LogP contribution in [0.1, 0.15) is 31.2 Å². The van der Waals surface area contributed by atoms with Crippen molar-refractivity contribution >= 4 is 11.6 Å². The van der Waals surface area contributed by atoms with Crippen LogP contribution in [0.4, 0.5) is 5.69 Å². The van der Waals surface area contributed by atoms with E-state index in [1.807, 2.05) is 54.6 Å². The van der Waals surface area contributed by atoms with Crippen molar-refractivity contribution in [1.29, 1.82) is 0 Å². The number of nitrogens with zero attached hydrogens (tertiary/aromatic N) is 4. The molecule has 1 heterocycles. The second-order valence-electron chi connectivity index (χ2n) is 6.13. The summed E-state index contributed by atoms with van der Waals surface area (Å²) < 4.78 is 5.57. The zero-order valence-electron chi connectivity index (χ0n) is 14.8. The predicted molar refractivity (Wildman–Crippen MR) is 97.8 cm³/mol. The highest BCUT2D eigenvalue weighted by molar-refractivity contribution is 5.91. The minimum absolute atomic E-state index is 0.00916. The topological polar surface area (TPSA) is 81.9 Å². The van der Waals surface area contributed by atoms with E-state index in [0.29, 0.717) is 11.7 Å². The van der Waals surface area contributed by atoms with Crippen molar-refractivity contribution in [1.82, 2.24) is 20.2 Å². The number of anilines is 1. The Balaban J connectivity index is 1.56. The lowest BCUT2D eigenvalue weighted by Gasteiger charge is -2.13. The number of carbonyl (C=O) groups is 1. The molecule has 3 rings (SSSR count). The minimum atomic E-state index is -0.203. The predicted octanol–water partition coefficient (Wildman–Crippen LogP) is 3.01. The third-order valence-electron chi connectivity index (χ3n) is 3.75. The lowest BCUT2D eigenvalue weighted by molar-refractivity contribution is -0.117. The number of para-hydroxylation sites is 2. The maximum atomic E-state index is 12.3. The molecule has 0 bridgehead atoms. The number of nitrogens with one attached hydrogen (secondary N) is 1. The van der Waals surface area contributed by atoms with Gasteiger partial charge in [0, 0.05) is 5.69 Å². The van der Waals surface area contributed by atoms with Crippen molar-refractivity contribution in [2.24, 2.45) is 0 Å². The highest BCUT2D eigenvalue weighted by Gasteiger charge is 2.11. The van der Waals surface area contributed by atoms with Gasteiger partial charge in [-0.25, -0.2) is 0 Å².